The van der Waals surface area contributed by atoms with Gasteiger partial charge in [0, 0.05) is 0 Å². The van der Waals surface area contributed by atoms with Gasteiger partial charge in [0.1, 0.15) is 11.4 Å². The zero-order valence-electron chi connectivity index (χ0n) is 13.4. The van der Waals surface area contributed by atoms with E-state index in [0.717, 1.165) is 5.56 Å². The smallest absolute Gasteiger partial charge is 0.235 e. The van der Waals surface area contributed by atoms with Crippen LogP contribution in [0.2, 0.25) is 10.6 Å². The van der Waals surface area contributed by atoms with Crippen molar-refractivity contribution in [3.63, 3.8) is 0 Å². The monoisotopic (exact) mass is 418 g/mol. The van der Waals surface area contributed by atoms with Crippen LogP contribution in [0.3, 0.4) is 0 Å². The Labute approximate surface area is 162 Å². The van der Waals surface area contributed by atoms with Gasteiger partial charge in [0.25, 0.3) is 0 Å². The Morgan fingerprint density at radius 2 is 1.27 bits per heavy atom. The summed E-state index contributed by atoms with van der Waals surface area (Å²) in [6.07, 6.45) is 0. The molecule has 0 saturated carbocycles. The molecule has 0 N–H and O–H groups in total. The third-order valence-electron chi connectivity index (χ3n) is 3.41. The van der Waals surface area contributed by atoms with Crippen LogP contribution in [0.25, 0.3) is 0 Å². The van der Waals surface area contributed by atoms with E-state index in [9.17, 15) is 4.39 Å². The van der Waals surface area contributed by atoms with Crippen LogP contribution in [0.1, 0.15) is 22.5 Å². The molecule has 0 saturated heterocycles. The summed E-state index contributed by atoms with van der Waals surface area (Å²) in [5.41, 5.74) is 2.04. The van der Waals surface area contributed by atoms with Gasteiger partial charge < -0.3 is 9.47 Å². The molecule has 2 aliphatic rings. The van der Waals surface area contributed by atoms with Crippen molar-refractivity contribution in [1.29, 1.82) is 0 Å². The zero-order valence-corrected chi connectivity index (χ0v) is 15.7. The molecule has 2 aromatic rings. The van der Waals surface area contributed by atoms with Crippen molar-refractivity contribution in [2.75, 3.05) is 14.2 Å². The van der Waals surface area contributed by atoms with Gasteiger partial charge in [-0.05, 0) is 23.2 Å². The van der Waals surface area contributed by atoms with Gasteiger partial charge in [0.15, 0.2) is 5.17 Å². The summed E-state index contributed by atoms with van der Waals surface area (Å²) in [5.74, 6) is 0.110. The minimum atomic E-state index is -0.613. The molecule has 136 valence electrons. The summed E-state index contributed by atoms with van der Waals surface area (Å²) in [7, 11) is 2.96. The second-order valence-electron chi connectivity index (χ2n) is 4.87. The number of rotatable bonds is 2. The van der Waals surface area contributed by atoms with E-state index >= 15 is 0 Å². The molecule has 0 fully saturated rings. The average molecular weight is 420 g/mol. The molecule has 12 heteroatoms. The molecule has 4 rings (SSSR count). The first-order chi connectivity index (χ1) is 12.4. The van der Waals surface area contributed by atoms with Gasteiger partial charge in [0.05, 0.1) is 38.4 Å². The molecule has 0 bridgehead atoms. The first-order valence-corrected chi connectivity index (χ1v) is 8.19. The first kappa shape index (κ1) is 18.7. The highest BCUT2D eigenvalue weighted by molar-refractivity contribution is 6.69. The fourth-order valence-corrected chi connectivity index (χ4v) is 2.82. The van der Waals surface area contributed by atoms with E-state index in [1.807, 2.05) is 0 Å². The van der Waals surface area contributed by atoms with Crippen LogP contribution >= 0.6 is 34.8 Å². The Hall–Kier alpha value is -2.10. The molecule has 0 aliphatic carbocycles. The first-order valence-electron chi connectivity index (χ1n) is 7.06. The van der Waals surface area contributed by atoms with Crippen LogP contribution in [-0.4, -0.2) is 45.3 Å². The van der Waals surface area contributed by atoms with E-state index in [1.54, 1.807) is 0 Å². The van der Waals surface area contributed by atoms with Gasteiger partial charge in [-0.2, -0.15) is 14.4 Å². The van der Waals surface area contributed by atoms with Crippen LogP contribution in [0.4, 0.5) is 4.39 Å². The molecule has 26 heavy (non-hydrogen) atoms. The Morgan fingerprint density at radius 3 is 1.85 bits per heavy atom. The van der Waals surface area contributed by atoms with E-state index in [-0.39, 0.29) is 28.7 Å². The predicted octanol–water partition coefficient (Wildman–Crippen LogP) is 3.01. The Bertz CT molecular complexity index is 862. The third-order valence-corrected chi connectivity index (χ3v) is 4.05. The van der Waals surface area contributed by atoms with Gasteiger partial charge in [0.2, 0.25) is 28.3 Å². The fraction of sp³-hybridized carbons (Fsp3) is 0.286. The number of ether oxygens (including phenoxy) is 2. The lowest BCUT2D eigenvalue weighted by atomic mass is 10.2. The number of hydrogen-bond donors (Lipinski definition) is 0. The molecule has 0 spiro atoms. The highest BCUT2D eigenvalue weighted by Gasteiger charge is 2.23. The minimum absolute atomic E-state index is 0.0390. The number of aromatic nitrogens is 4. The number of methoxy groups -OCH3 is 2. The molecule has 8 nitrogen and oxygen atoms in total. The molecule has 0 atom stereocenters. The summed E-state index contributed by atoms with van der Waals surface area (Å²) in [5, 5.41) is 0.436. The zero-order chi connectivity index (χ0) is 18.8. The topological polar surface area (TPSA) is 94.7 Å². The van der Waals surface area contributed by atoms with Gasteiger partial charge >= 0.3 is 0 Å². The standard InChI is InChI=1S/C7H5Cl2N3O.C7H5ClFN3O/c1-13-6-3-2-10-5(8)4(3)11-7(9)12-6;1-13-6-3-2-10-5(9)4(3)11-7(8)12-6/h2*2H2,1H3. The molecule has 0 radical (unpaired) electrons. The highest BCUT2D eigenvalue weighted by atomic mass is 35.5. The van der Waals surface area contributed by atoms with E-state index in [1.165, 1.54) is 14.2 Å². The highest BCUT2D eigenvalue weighted by Crippen LogP contribution is 2.28. The summed E-state index contributed by atoms with van der Waals surface area (Å²) >= 11 is 17.0. The van der Waals surface area contributed by atoms with Gasteiger partial charge in [-0.3, -0.25) is 9.98 Å². The number of hydrogen-bond acceptors (Lipinski definition) is 8. The minimum Gasteiger partial charge on any atom is -0.481 e. The van der Waals surface area contributed by atoms with E-state index in [4.69, 9.17) is 44.3 Å². The molecular weight excluding hydrogens is 410 g/mol. The van der Waals surface area contributed by atoms with Gasteiger partial charge in [-0.1, -0.05) is 11.6 Å². The molecule has 0 aromatic carbocycles. The fourth-order valence-electron chi connectivity index (χ4n) is 2.29. The number of halogens is 4. The largest absolute Gasteiger partial charge is 0.481 e. The van der Waals surface area contributed by atoms with Crippen molar-refractivity contribution in [3.05, 3.63) is 33.1 Å². The predicted molar refractivity (Wildman–Crippen MR) is 94.6 cm³/mol. The van der Waals surface area contributed by atoms with E-state index < -0.39 is 5.97 Å². The van der Waals surface area contributed by atoms with Crippen LogP contribution in [0.15, 0.2) is 9.98 Å². The van der Waals surface area contributed by atoms with Crippen molar-refractivity contribution < 1.29 is 13.9 Å². The maximum Gasteiger partial charge on any atom is 0.235 e. The van der Waals surface area contributed by atoms with Crippen molar-refractivity contribution in [2.24, 2.45) is 9.98 Å². The molecule has 0 unspecified atom stereocenters. The van der Waals surface area contributed by atoms with Crippen LogP contribution < -0.4 is 9.47 Å². The Kier molecular flexibility index (Phi) is 5.49. The quantitative estimate of drug-likeness (QED) is 0.695. The summed E-state index contributed by atoms with van der Waals surface area (Å²) in [4.78, 5) is 22.9. The van der Waals surface area contributed by atoms with E-state index in [0.29, 0.717) is 28.9 Å². The van der Waals surface area contributed by atoms with Crippen molar-refractivity contribution >= 4 is 45.9 Å². The van der Waals surface area contributed by atoms with E-state index in [2.05, 4.69) is 29.9 Å². The van der Waals surface area contributed by atoms with Gasteiger partial charge in [-0.25, -0.2) is 9.97 Å². The lowest BCUT2D eigenvalue weighted by molar-refractivity contribution is 0.391. The number of fused-ring (bicyclic) bond motifs is 2. The maximum atomic E-state index is 13.0. The molecular formula is C14H10Cl3FN6O2. The third kappa shape index (κ3) is 3.55. The molecule has 2 aliphatic heterocycles. The van der Waals surface area contributed by atoms with Crippen LogP contribution in [0, 0.1) is 0 Å². The van der Waals surface area contributed by atoms with Crippen LogP contribution in [0.5, 0.6) is 11.8 Å². The lowest BCUT2D eigenvalue weighted by Crippen LogP contribution is -2.01. The second kappa shape index (κ2) is 7.65. The molecule has 4 heterocycles. The van der Waals surface area contributed by atoms with Crippen LogP contribution in [-0.2, 0) is 13.1 Å². The normalized spacial score (nSPS) is 13.9. The Morgan fingerprint density at radius 1 is 0.769 bits per heavy atom. The summed E-state index contributed by atoms with van der Waals surface area (Å²) in [6, 6.07) is 0. The molecule has 2 aromatic heterocycles. The summed E-state index contributed by atoms with van der Waals surface area (Å²) in [6.45, 7) is 0.663. The lowest BCUT2D eigenvalue weighted by Gasteiger charge is -2.04. The number of nitrogens with zero attached hydrogens (tertiary/aromatic N) is 6. The SMILES string of the molecule is COc1nc(Cl)nc2c1CN=C2Cl.COc1nc(Cl)nc2c1CN=C2F. The number of aliphatic imine (C=N–C) groups is 2. The Balaban J connectivity index is 0.000000151. The average Bonchev–Trinajstić information content (AvgIpc) is 3.18. The maximum absolute atomic E-state index is 13.0. The second-order valence-corrected chi connectivity index (χ2v) is 5.91. The summed E-state index contributed by atoms with van der Waals surface area (Å²) < 4.78 is 22.9. The van der Waals surface area contributed by atoms with Crippen molar-refractivity contribution in [1.82, 2.24) is 19.9 Å². The van der Waals surface area contributed by atoms with Crippen molar-refractivity contribution in [3.8, 4) is 11.8 Å². The van der Waals surface area contributed by atoms with Gasteiger partial charge in [-0.15, -0.1) is 0 Å². The van der Waals surface area contributed by atoms with Crippen molar-refractivity contribution in [2.45, 2.75) is 13.1 Å². The molecule has 0 amide bonds.